The number of hydrogen-bond acceptors (Lipinski definition) is 3. The summed E-state index contributed by atoms with van der Waals surface area (Å²) in [7, 11) is 0. The SMILES string of the molecule is CC1(C(=O)NCC2(O)CCCC2)CCCC1N. The van der Waals surface area contributed by atoms with E-state index in [1.807, 2.05) is 6.92 Å². The maximum atomic E-state index is 12.2. The van der Waals surface area contributed by atoms with Gasteiger partial charge in [-0.2, -0.15) is 0 Å². The molecule has 1 amide bonds. The van der Waals surface area contributed by atoms with Gasteiger partial charge in [0.1, 0.15) is 0 Å². The molecule has 2 unspecified atom stereocenters. The summed E-state index contributed by atoms with van der Waals surface area (Å²) in [5, 5.41) is 13.1. The second-order valence-electron chi connectivity index (χ2n) is 6.03. The summed E-state index contributed by atoms with van der Waals surface area (Å²) >= 11 is 0. The third-order valence-corrected chi connectivity index (χ3v) is 4.66. The first kappa shape index (κ1) is 12.8. The van der Waals surface area contributed by atoms with Crippen molar-refractivity contribution in [2.24, 2.45) is 11.1 Å². The van der Waals surface area contributed by atoms with Crippen LogP contribution in [-0.2, 0) is 4.79 Å². The molecule has 4 N–H and O–H groups in total. The molecule has 98 valence electrons. The smallest absolute Gasteiger partial charge is 0.227 e. The molecule has 4 nitrogen and oxygen atoms in total. The third kappa shape index (κ3) is 2.47. The van der Waals surface area contributed by atoms with Crippen LogP contribution in [0.3, 0.4) is 0 Å². The molecule has 2 rings (SSSR count). The van der Waals surface area contributed by atoms with Crippen molar-refractivity contribution in [2.45, 2.75) is 63.5 Å². The molecule has 2 aliphatic rings. The van der Waals surface area contributed by atoms with Crippen LogP contribution in [0.15, 0.2) is 0 Å². The Morgan fingerprint density at radius 3 is 2.53 bits per heavy atom. The lowest BCUT2D eigenvalue weighted by atomic mass is 9.84. The molecule has 2 fully saturated rings. The highest BCUT2D eigenvalue weighted by Crippen LogP contribution is 2.37. The number of carbonyl (C=O) groups excluding carboxylic acids is 1. The highest BCUT2D eigenvalue weighted by Gasteiger charge is 2.43. The number of carbonyl (C=O) groups is 1. The number of hydrogen-bond donors (Lipinski definition) is 3. The molecular weight excluding hydrogens is 216 g/mol. The zero-order valence-corrected chi connectivity index (χ0v) is 10.7. The maximum absolute atomic E-state index is 12.2. The zero-order valence-electron chi connectivity index (χ0n) is 10.7. The Kier molecular flexibility index (Phi) is 3.46. The Bertz CT molecular complexity index is 300. The van der Waals surface area contributed by atoms with E-state index < -0.39 is 11.0 Å². The number of nitrogens with two attached hydrogens (primary N) is 1. The summed E-state index contributed by atoms with van der Waals surface area (Å²) in [6.45, 7) is 2.33. The molecule has 0 aromatic heterocycles. The van der Waals surface area contributed by atoms with Crippen LogP contribution < -0.4 is 11.1 Å². The predicted octanol–water partition coefficient (Wildman–Crippen LogP) is 0.925. The standard InChI is InChI=1S/C13H24N2O2/c1-12(6-4-5-10(12)14)11(16)15-9-13(17)7-2-3-8-13/h10,17H,2-9,14H2,1H3,(H,15,16). The van der Waals surface area contributed by atoms with Crippen molar-refractivity contribution >= 4 is 5.91 Å². The Hall–Kier alpha value is -0.610. The molecule has 0 aromatic rings. The number of amides is 1. The first-order chi connectivity index (χ1) is 7.96. The van der Waals surface area contributed by atoms with Crippen molar-refractivity contribution in [3.63, 3.8) is 0 Å². The summed E-state index contributed by atoms with van der Waals surface area (Å²) < 4.78 is 0. The Labute approximate surface area is 103 Å². The maximum Gasteiger partial charge on any atom is 0.227 e. The van der Waals surface area contributed by atoms with E-state index in [1.54, 1.807) is 0 Å². The summed E-state index contributed by atoms with van der Waals surface area (Å²) in [6.07, 6.45) is 6.53. The van der Waals surface area contributed by atoms with Gasteiger partial charge in [0.15, 0.2) is 0 Å². The lowest BCUT2D eigenvalue weighted by Crippen LogP contribution is -2.51. The second-order valence-corrected chi connectivity index (χ2v) is 6.03. The third-order valence-electron chi connectivity index (χ3n) is 4.66. The van der Waals surface area contributed by atoms with Gasteiger partial charge >= 0.3 is 0 Å². The fourth-order valence-electron chi connectivity index (χ4n) is 3.13. The lowest BCUT2D eigenvalue weighted by molar-refractivity contribution is -0.131. The van der Waals surface area contributed by atoms with Gasteiger partial charge in [0.05, 0.1) is 11.0 Å². The van der Waals surface area contributed by atoms with Gasteiger partial charge in [0, 0.05) is 12.6 Å². The van der Waals surface area contributed by atoms with Crippen LogP contribution in [-0.4, -0.2) is 29.2 Å². The largest absolute Gasteiger partial charge is 0.388 e. The first-order valence-corrected chi connectivity index (χ1v) is 6.73. The minimum Gasteiger partial charge on any atom is -0.388 e. The molecule has 2 saturated carbocycles. The Balaban J connectivity index is 1.89. The fourth-order valence-corrected chi connectivity index (χ4v) is 3.13. The zero-order chi connectivity index (χ0) is 12.5. The minimum absolute atomic E-state index is 0.0165. The van der Waals surface area contributed by atoms with E-state index in [2.05, 4.69) is 5.32 Å². The Morgan fingerprint density at radius 2 is 2.00 bits per heavy atom. The van der Waals surface area contributed by atoms with E-state index >= 15 is 0 Å². The normalized spacial score (nSPS) is 36.1. The van der Waals surface area contributed by atoms with Gasteiger partial charge in [-0.15, -0.1) is 0 Å². The monoisotopic (exact) mass is 240 g/mol. The molecule has 0 bridgehead atoms. The number of rotatable bonds is 3. The molecule has 0 saturated heterocycles. The molecule has 4 heteroatoms. The van der Waals surface area contributed by atoms with Gasteiger partial charge in [0.2, 0.25) is 5.91 Å². The van der Waals surface area contributed by atoms with E-state index in [1.165, 1.54) is 0 Å². The number of nitrogens with one attached hydrogen (secondary N) is 1. The molecule has 0 spiro atoms. The van der Waals surface area contributed by atoms with Crippen LogP contribution in [0.2, 0.25) is 0 Å². The van der Waals surface area contributed by atoms with Crippen molar-refractivity contribution in [3.8, 4) is 0 Å². The minimum atomic E-state index is -0.672. The first-order valence-electron chi connectivity index (χ1n) is 6.73. The molecule has 0 aromatic carbocycles. The molecule has 0 aliphatic heterocycles. The summed E-state index contributed by atoms with van der Waals surface area (Å²) in [5.41, 5.74) is 4.90. The van der Waals surface area contributed by atoms with Crippen molar-refractivity contribution in [1.82, 2.24) is 5.32 Å². The van der Waals surface area contributed by atoms with Crippen LogP contribution in [0.4, 0.5) is 0 Å². The topological polar surface area (TPSA) is 75.3 Å². The molecule has 2 aliphatic carbocycles. The Morgan fingerprint density at radius 1 is 1.35 bits per heavy atom. The van der Waals surface area contributed by atoms with Crippen LogP contribution in [0.5, 0.6) is 0 Å². The molecular formula is C13H24N2O2. The van der Waals surface area contributed by atoms with Crippen LogP contribution >= 0.6 is 0 Å². The molecule has 0 radical (unpaired) electrons. The average molecular weight is 240 g/mol. The highest BCUT2D eigenvalue weighted by atomic mass is 16.3. The van der Waals surface area contributed by atoms with Crippen molar-refractivity contribution in [2.75, 3.05) is 6.54 Å². The predicted molar refractivity (Wildman–Crippen MR) is 66.4 cm³/mol. The lowest BCUT2D eigenvalue weighted by Gasteiger charge is -2.30. The van der Waals surface area contributed by atoms with Gasteiger partial charge in [-0.3, -0.25) is 4.79 Å². The van der Waals surface area contributed by atoms with E-state index in [9.17, 15) is 9.90 Å². The van der Waals surface area contributed by atoms with Crippen molar-refractivity contribution < 1.29 is 9.90 Å². The van der Waals surface area contributed by atoms with Gasteiger partial charge in [-0.05, 0) is 32.6 Å². The summed E-state index contributed by atoms with van der Waals surface area (Å²) in [5.74, 6) is 0.0165. The van der Waals surface area contributed by atoms with E-state index in [0.717, 1.165) is 44.9 Å². The van der Waals surface area contributed by atoms with Gasteiger partial charge in [-0.25, -0.2) is 0 Å². The van der Waals surface area contributed by atoms with Crippen LogP contribution in [0.1, 0.15) is 51.9 Å². The molecule has 0 heterocycles. The van der Waals surface area contributed by atoms with Crippen LogP contribution in [0, 0.1) is 5.41 Å². The van der Waals surface area contributed by atoms with Gasteiger partial charge in [0.25, 0.3) is 0 Å². The van der Waals surface area contributed by atoms with E-state index in [-0.39, 0.29) is 11.9 Å². The molecule has 17 heavy (non-hydrogen) atoms. The summed E-state index contributed by atoms with van der Waals surface area (Å²) in [6, 6.07) is -0.0410. The van der Waals surface area contributed by atoms with Crippen LogP contribution in [0.25, 0.3) is 0 Å². The van der Waals surface area contributed by atoms with Gasteiger partial charge < -0.3 is 16.2 Å². The quantitative estimate of drug-likeness (QED) is 0.687. The van der Waals surface area contributed by atoms with Crippen molar-refractivity contribution in [3.05, 3.63) is 0 Å². The summed E-state index contributed by atoms with van der Waals surface area (Å²) in [4.78, 5) is 12.2. The number of aliphatic hydroxyl groups is 1. The average Bonchev–Trinajstić information content (AvgIpc) is 2.85. The highest BCUT2D eigenvalue weighted by molar-refractivity contribution is 5.83. The molecule has 2 atom stereocenters. The fraction of sp³-hybridized carbons (Fsp3) is 0.923. The second kappa shape index (κ2) is 4.58. The van der Waals surface area contributed by atoms with Gasteiger partial charge in [-0.1, -0.05) is 19.3 Å². The van der Waals surface area contributed by atoms with Crippen molar-refractivity contribution in [1.29, 1.82) is 0 Å². The van der Waals surface area contributed by atoms with E-state index in [0.29, 0.717) is 6.54 Å². The van der Waals surface area contributed by atoms with E-state index in [4.69, 9.17) is 5.73 Å².